The van der Waals surface area contributed by atoms with Gasteiger partial charge in [0.05, 0.1) is 5.69 Å². The number of aryl methyl sites for hydroxylation is 1. The maximum atomic E-state index is 12.2. The number of rotatable bonds is 4. The van der Waals surface area contributed by atoms with Crippen LogP contribution in [0.5, 0.6) is 0 Å². The zero-order chi connectivity index (χ0) is 13.8. The number of carboxylic acid groups (broad SMARTS) is 1. The van der Waals surface area contributed by atoms with Crippen LogP contribution in [0.25, 0.3) is 0 Å². The predicted octanol–water partition coefficient (Wildman–Crippen LogP) is 1.70. The molecule has 6 heteroatoms. The predicted molar refractivity (Wildman–Crippen MR) is 66.7 cm³/mol. The molecule has 2 heterocycles. The zero-order valence-electron chi connectivity index (χ0n) is 11.0. The van der Waals surface area contributed by atoms with Gasteiger partial charge in [0.1, 0.15) is 0 Å². The number of carboxylic acids is 1. The van der Waals surface area contributed by atoms with Gasteiger partial charge >= 0.3 is 5.97 Å². The van der Waals surface area contributed by atoms with Crippen molar-refractivity contribution in [2.75, 3.05) is 13.1 Å². The van der Waals surface area contributed by atoms with Crippen LogP contribution in [0.15, 0.2) is 10.6 Å². The van der Waals surface area contributed by atoms with Gasteiger partial charge in [0.15, 0.2) is 0 Å². The Balaban J connectivity index is 1.93. The lowest BCUT2D eigenvalue weighted by Crippen LogP contribution is -2.39. The topological polar surface area (TPSA) is 83.6 Å². The number of nitrogens with zero attached hydrogens (tertiary/aromatic N) is 2. The molecule has 19 heavy (non-hydrogen) atoms. The molecule has 1 atom stereocenters. The summed E-state index contributed by atoms with van der Waals surface area (Å²) in [5, 5.41) is 12.4. The second kappa shape index (κ2) is 5.86. The highest BCUT2D eigenvalue weighted by Crippen LogP contribution is 2.22. The number of hydrogen-bond acceptors (Lipinski definition) is 4. The molecule has 1 saturated heterocycles. The summed E-state index contributed by atoms with van der Waals surface area (Å²) in [6.45, 7) is 3.07. The molecule has 1 aromatic rings. The molecule has 104 valence electrons. The molecule has 1 aliphatic heterocycles. The van der Waals surface area contributed by atoms with Crippen LogP contribution >= 0.6 is 0 Å². The van der Waals surface area contributed by atoms with Gasteiger partial charge in [-0.05, 0) is 32.1 Å². The minimum Gasteiger partial charge on any atom is -0.481 e. The number of aliphatic carboxylic acids is 1. The minimum absolute atomic E-state index is 0.152. The number of likely N-dealkylation sites (tertiary alicyclic amines) is 1. The first-order valence-electron chi connectivity index (χ1n) is 6.50. The van der Waals surface area contributed by atoms with Crippen molar-refractivity contribution in [3.63, 3.8) is 0 Å². The quantitative estimate of drug-likeness (QED) is 0.896. The fraction of sp³-hybridized carbons (Fsp3) is 0.615. The van der Waals surface area contributed by atoms with Crippen LogP contribution in [0.4, 0.5) is 0 Å². The summed E-state index contributed by atoms with van der Waals surface area (Å²) in [4.78, 5) is 24.5. The summed E-state index contributed by atoms with van der Waals surface area (Å²) in [5.41, 5.74) is 0.683. The molecule has 1 unspecified atom stereocenters. The van der Waals surface area contributed by atoms with Crippen molar-refractivity contribution in [2.45, 2.75) is 32.6 Å². The average molecular weight is 266 g/mol. The van der Waals surface area contributed by atoms with E-state index < -0.39 is 5.97 Å². The van der Waals surface area contributed by atoms with E-state index in [-0.39, 0.29) is 24.0 Å². The summed E-state index contributed by atoms with van der Waals surface area (Å²) in [6, 6.07) is 1.63. The van der Waals surface area contributed by atoms with E-state index in [1.54, 1.807) is 17.9 Å². The summed E-state index contributed by atoms with van der Waals surface area (Å²) >= 11 is 0. The lowest BCUT2D eigenvalue weighted by molar-refractivity contribution is -0.137. The highest BCUT2D eigenvalue weighted by atomic mass is 16.5. The van der Waals surface area contributed by atoms with Gasteiger partial charge < -0.3 is 14.5 Å². The normalized spacial score (nSPS) is 19.4. The second-order valence-electron chi connectivity index (χ2n) is 5.02. The van der Waals surface area contributed by atoms with E-state index in [1.807, 2.05) is 0 Å². The molecule has 0 bridgehead atoms. The number of carbonyl (C=O) groups is 2. The molecular weight excluding hydrogens is 248 g/mol. The summed E-state index contributed by atoms with van der Waals surface area (Å²) < 4.78 is 4.98. The first-order valence-corrected chi connectivity index (χ1v) is 6.50. The number of carbonyl (C=O) groups excluding carboxylic acids is 1. The standard InChI is InChI=1S/C13H18N2O4/c1-9-7-11(19-14-9)13(18)15-6-2-3-10(8-15)4-5-12(16)17/h7,10H,2-6,8H2,1H3,(H,16,17). The highest BCUT2D eigenvalue weighted by Gasteiger charge is 2.26. The first-order chi connectivity index (χ1) is 9.06. The van der Waals surface area contributed by atoms with Gasteiger partial charge in [-0.2, -0.15) is 0 Å². The van der Waals surface area contributed by atoms with Crippen LogP contribution in [0.1, 0.15) is 41.9 Å². The van der Waals surface area contributed by atoms with Crippen molar-refractivity contribution < 1.29 is 19.2 Å². The maximum absolute atomic E-state index is 12.2. The Kier molecular flexibility index (Phi) is 4.19. The van der Waals surface area contributed by atoms with E-state index in [0.717, 1.165) is 12.8 Å². The Morgan fingerprint density at radius 1 is 1.58 bits per heavy atom. The molecule has 0 radical (unpaired) electrons. The van der Waals surface area contributed by atoms with Crippen molar-refractivity contribution in [3.8, 4) is 0 Å². The molecule has 6 nitrogen and oxygen atoms in total. The Morgan fingerprint density at radius 3 is 3.00 bits per heavy atom. The van der Waals surface area contributed by atoms with Gasteiger partial charge in [0.25, 0.3) is 5.91 Å². The van der Waals surface area contributed by atoms with E-state index >= 15 is 0 Å². The molecule has 1 amide bonds. The second-order valence-corrected chi connectivity index (χ2v) is 5.02. The average Bonchev–Trinajstić information content (AvgIpc) is 2.82. The van der Waals surface area contributed by atoms with Gasteiger partial charge in [-0.25, -0.2) is 0 Å². The summed E-state index contributed by atoms with van der Waals surface area (Å²) in [5.74, 6) is -0.413. The molecule has 1 aromatic heterocycles. The maximum Gasteiger partial charge on any atom is 0.303 e. The molecule has 0 spiro atoms. The largest absolute Gasteiger partial charge is 0.481 e. The van der Waals surface area contributed by atoms with Crippen LogP contribution in [-0.4, -0.2) is 40.1 Å². The van der Waals surface area contributed by atoms with Crippen LogP contribution < -0.4 is 0 Å². The molecule has 1 fully saturated rings. The van der Waals surface area contributed by atoms with Gasteiger partial charge in [0.2, 0.25) is 5.76 Å². The van der Waals surface area contributed by atoms with Gasteiger partial charge in [-0.15, -0.1) is 0 Å². The number of hydrogen-bond donors (Lipinski definition) is 1. The Labute approximate surface area is 111 Å². The molecular formula is C13H18N2O4. The number of piperidine rings is 1. The summed E-state index contributed by atoms with van der Waals surface area (Å²) in [7, 11) is 0. The lowest BCUT2D eigenvalue weighted by atomic mass is 9.93. The Hall–Kier alpha value is -1.85. The lowest BCUT2D eigenvalue weighted by Gasteiger charge is -2.31. The molecule has 0 aliphatic carbocycles. The minimum atomic E-state index is -0.783. The van der Waals surface area contributed by atoms with E-state index in [4.69, 9.17) is 9.63 Å². The molecule has 1 N–H and O–H groups in total. The number of aromatic nitrogens is 1. The zero-order valence-corrected chi connectivity index (χ0v) is 11.0. The third-order valence-electron chi connectivity index (χ3n) is 3.41. The Morgan fingerprint density at radius 2 is 2.37 bits per heavy atom. The third kappa shape index (κ3) is 3.56. The fourth-order valence-electron chi connectivity index (χ4n) is 2.43. The van der Waals surface area contributed by atoms with Gasteiger partial charge in [-0.3, -0.25) is 9.59 Å². The SMILES string of the molecule is Cc1cc(C(=O)N2CCCC(CCC(=O)O)C2)on1. The van der Waals surface area contributed by atoms with Crippen LogP contribution in [0.3, 0.4) is 0 Å². The Bertz CT molecular complexity index is 469. The van der Waals surface area contributed by atoms with E-state index in [9.17, 15) is 9.59 Å². The van der Waals surface area contributed by atoms with Crippen molar-refractivity contribution in [1.29, 1.82) is 0 Å². The summed E-state index contributed by atoms with van der Waals surface area (Å²) in [6.07, 6.45) is 2.66. The monoisotopic (exact) mass is 266 g/mol. The van der Waals surface area contributed by atoms with Gasteiger partial charge in [0, 0.05) is 25.6 Å². The molecule has 0 saturated carbocycles. The van der Waals surface area contributed by atoms with Crippen molar-refractivity contribution in [2.24, 2.45) is 5.92 Å². The van der Waals surface area contributed by atoms with Crippen LogP contribution in [0.2, 0.25) is 0 Å². The fourth-order valence-corrected chi connectivity index (χ4v) is 2.43. The molecule has 1 aliphatic rings. The smallest absolute Gasteiger partial charge is 0.303 e. The van der Waals surface area contributed by atoms with Crippen molar-refractivity contribution >= 4 is 11.9 Å². The number of amides is 1. The van der Waals surface area contributed by atoms with Crippen LogP contribution in [-0.2, 0) is 4.79 Å². The van der Waals surface area contributed by atoms with E-state index in [1.165, 1.54) is 0 Å². The van der Waals surface area contributed by atoms with Crippen LogP contribution in [0, 0.1) is 12.8 Å². The first kappa shape index (κ1) is 13.6. The molecule has 0 aromatic carbocycles. The third-order valence-corrected chi connectivity index (χ3v) is 3.41. The van der Waals surface area contributed by atoms with Crippen molar-refractivity contribution in [1.82, 2.24) is 10.1 Å². The molecule has 2 rings (SSSR count). The van der Waals surface area contributed by atoms with Gasteiger partial charge in [-0.1, -0.05) is 5.16 Å². The van der Waals surface area contributed by atoms with Crippen molar-refractivity contribution in [3.05, 3.63) is 17.5 Å². The van der Waals surface area contributed by atoms with E-state index in [2.05, 4.69) is 5.16 Å². The highest BCUT2D eigenvalue weighted by molar-refractivity contribution is 5.91. The van der Waals surface area contributed by atoms with E-state index in [0.29, 0.717) is 25.2 Å².